The van der Waals surface area contributed by atoms with Crippen LogP contribution >= 0.6 is 0 Å². The number of carbonyl (C=O) groups is 2. The third kappa shape index (κ3) is 8.92. The molecule has 6 nitrogen and oxygen atoms in total. The number of benzene rings is 1. The minimum atomic E-state index is -1.02. The van der Waals surface area contributed by atoms with Crippen molar-refractivity contribution in [3.8, 4) is 0 Å². The molecule has 0 bridgehead atoms. The number of aliphatic hydroxyl groups is 1. The lowest BCUT2D eigenvalue weighted by Crippen LogP contribution is -2.48. The van der Waals surface area contributed by atoms with Crippen LogP contribution in [0.25, 0.3) is 0 Å². The Labute approximate surface area is 158 Å². The van der Waals surface area contributed by atoms with Gasteiger partial charge in [0.15, 0.2) is 0 Å². The highest BCUT2D eigenvalue weighted by atomic mass is 19.1. The minimum Gasteiger partial charge on any atom is -0.391 e. The molecule has 152 valence electrons. The molecule has 3 N–H and O–H groups in total. The Kier molecular flexibility index (Phi) is 9.88. The van der Waals surface area contributed by atoms with E-state index in [4.69, 9.17) is 4.74 Å². The average molecular weight is 386 g/mol. The topological polar surface area (TPSA) is 87.7 Å². The van der Waals surface area contributed by atoms with Gasteiger partial charge in [-0.1, -0.05) is 6.92 Å². The van der Waals surface area contributed by atoms with Gasteiger partial charge < -0.3 is 20.5 Å². The molecule has 2 amide bonds. The zero-order valence-corrected chi connectivity index (χ0v) is 15.9. The summed E-state index contributed by atoms with van der Waals surface area (Å²) in [6.45, 7) is 5.28. The van der Waals surface area contributed by atoms with Crippen molar-refractivity contribution >= 4 is 11.8 Å². The van der Waals surface area contributed by atoms with E-state index < -0.39 is 23.8 Å². The summed E-state index contributed by atoms with van der Waals surface area (Å²) in [5.41, 5.74) is 0.318. The maximum Gasteiger partial charge on any atom is 0.246 e. The number of hydrogen-bond donors (Lipinski definition) is 3. The zero-order chi connectivity index (χ0) is 20.4. The fraction of sp³-hybridized carbons (Fsp3) is 0.579. The smallest absolute Gasteiger partial charge is 0.246 e. The summed E-state index contributed by atoms with van der Waals surface area (Å²) in [6.07, 6.45) is -0.218. The summed E-state index contributed by atoms with van der Waals surface area (Å²) in [4.78, 5) is 23.3. The lowest BCUT2D eigenvalue weighted by Gasteiger charge is -2.27. The van der Waals surface area contributed by atoms with Crippen LogP contribution in [0.1, 0.15) is 39.2 Å². The van der Waals surface area contributed by atoms with Gasteiger partial charge in [-0.2, -0.15) is 0 Å². The van der Waals surface area contributed by atoms with Gasteiger partial charge in [-0.05, 0) is 43.9 Å². The standard InChI is InChI=1S/C19H28F2N2O4/c1-4-16(23-19(26)11-27-5-2)10-18(25)17(22-12(3)24)8-13-6-14(20)9-15(21)7-13/h6-7,9,16-18,25H,4-5,8,10-11H2,1-3H3,(H,22,24)(H,23,26)/t16?,17-,18-/m0/s1. The molecule has 27 heavy (non-hydrogen) atoms. The lowest BCUT2D eigenvalue weighted by atomic mass is 9.95. The lowest BCUT2D eigenvalue weighted by molar-refractivity contribution is -0.126. The SMILES string of the molecule is CCOCC(=O)NC(CC)C[C@H](O)[C@H](Cc1cc(F)cc(F)c1)NC(C)=O. The van der Waals surface area contributed by atoms with E-state index in [2.05, 4.69) is 10.6 Å². The minimum absolute atomic E-state index is 0.0543. The van der Waals surface area contributed by atoms with Crippen LogP contribution in [0, 0.1) is 11.6 Å². The Morgan fingerprint density at radius 1 is 1.15 bits per heavy atom. The molecule has 0 spiro atoms. The third-order valence-electron chi connectivity index (χ3n) is 4.05. The Morgan fingerprint density at radius 2 is 1.78 bits per heavy atom. The molecule has 0 heterocycles. The van der Waals surface area contributed by atoms with E-state index in [9.17, 15) is 23.5 Å². The van der Waals surface area contributed by atoms with Crippen LogP contribution in [0.15, 0.2) is 18.2 Å². The number of hydrogen-bond acceptors (Lipinski definition) is 4. The molecule has 1 aromatic carbocycles. The Morgan fingerprint density at radius 3 is 2.30 bits per heavy atom. The number of nitrogens with one attached hydrogen (secondary N) is 2. The van der Waals surface area contributed by atoms with Crippen molar-refractivity contribution in [2.75, 3.05) is 13.2 Å². The number of amides is 2. The summed E-state index contributed by atoms with van der Waals surface area (Å²) in [5.74, 6) is -2.12. The summed E-state index contributed by atoms with van der Waals surface area (Å²) in [5, 5.41) is 15.9. The predicted molar refractivity (Wildman–Crippen MR) is 97.0 cm³/mol. The molecule has 1 rings (SSSR count). The van der Waals surface area contributed by atoms with E-state index >= 15 is 0 Å². The molecule has 0 fully saturated rings. The van der Waals surface area contributed by atoms with Crippen molar-refractivity contribution in [2.45, 2.75) is 58.2 Å². The Bertz CT molecular complexity index is 607. The van der Waals surface area contributed by atoms with Crippen LogP contribution in [-0.4, -0.2) is 48.3 Å². The number of halogens is 2. The number of rotatable bonds is 11. The third-order valence-corrected chi connectivity index (χ3v) is 4.05. The highest BCUT2D eigenvalue weighted by Crippen LogP contribution is 2.15. The predicted octanol–water partition coefficient (Wildman–Crippen LogP) is 1.69. The van der Waals surface area contributed by atoms with E-state index in [-0.39, 0.29) is 37.3 Å². The molecular formula is C19H28F2N2O4. The highest BCUT2D eigenvalue weighted by Gasteiger charge is 2.25. The molecule has 0 saturated heterocycles. The quantitative estimate of drug-likeness (QED) is 0.540. The maximum atomic E-state index is 13.4. The van der Waals surface area contributed by atoms with Crippen LogP contribution < -0.4 is 10.6 Å². The first kappa shape index (κ1) is 23.0. The highest BCUT2D eigenvalue weighted by molar-refractivity contribution is 5.77. The number of carbonyl (C=O) groups excluding carboxylic acids is 2. The molecule has 8 heteroatoms. The zero-order valence-electron chi connectivity index (χ0n) is 15.9. The summed E-state index contributed by atoms with van der Waals surface area (Å²) >= 11 is 0. The first-order chi connectivity index (χ1) is 12.7. The molecular weight excluding hydrogens is 358 g/mol. The van der Waals surface area contributed by atoms with Crippen molar-refractivity contribution in [3.05, 3.63) is 35.4 Å². The molecule has 0 aliphatic rings. The Hall–Kier alpha value is -2.06. The van der Waals surface area contributed by atoms with Gasteiger partial charge in [0, 0.05) is 25.6 Å². The van der Waals surface area contributed by atoms with E-state index in [1.807, 2.05) is 6.92 Å². The van der Waals surface area contributed by atoms with Gasteiger partial charge in [0.1, 0.15) is 18.2 Å². The van der Waals surface area contributed by atoms with E-state index in [1.165, 1.54) is 6.92 Å². The van der Waals surface area contributed by atoms with Gasteiger partial charge in [0.05, 0.1) is 12.1 Å². The maximum absolute atomic E-state index is 13.4. The van der Waals surface area contributed by atoms with Crippen molar-refractivity contribution in [1.82, 2.24) is 10.6 Å². The van der Waals surface area contributed by atoms with Gasteiger partial charge in [0.2, 0.25) is 11.8 Å². The van der Waals surface area contributed by atoms with E-state index in [1.54, 1.807) is 6.92 Å². The second kappa shape index (κ2) is 11.6. The van der Waals surface area contributed by atoms with Crippen molar-refractivity contribution in [3.63, 3.8) is 0 Å². The first-order valence-corrected chi connectivity index (χ1v) is 9.02. The number of aliphatic hydroxyl groups excluding tert-OH is 1. The summed E-state index contributed by atoms with van der Waals surface area (Å²) in [6, 6.07) is 2.00. The van der Waals surface area contributed by atoms with Gasteiger partial charge in [-0.25, -0.2) is 8.78 Å². The van der Waals surface area contributed by atoms with Crippen LogP contribution in [0.3, 0.4) is 0 Å². The molecule has 0 aliphatic carbocycles. The second-order valence-corrected chi connectivity index (χ2v) is 6.40. The van der Waals surface area contributed by atoms with Crippen LogP contribution in [0.4, 0.5) is 8.78 Å². The van der Waals surface area contributed by atoms with E-state index in [0.717, 1.165) is 18.2 Å². The van der Waals surface area contributed by atoms with Crippen molar-refractivity contribution in [2.24, 2.45) is 0 Å². The largest absolute Gasteiger partial charge is 0.391 e. The van der Waals surface area contributed by atoms with Gasteiger partial charge >= 0.3 is 0 Å². The fourth-order valence-corrected chi connectivity index (χ4v) is 2.77. The molecule has 0 radical (unpaired) electrons. The molecule has 1 aromatic rings. The van der Waals surface area contributed by atoms with Gasteiger partial charge in [-0.3, -0.25) is 9.59 Å². The molecule has 0 aliphatic heterocycles. The van der Waals surface area contributed by atoms with Crippen LogP contribution in [0.2, 0.25) is 0 Å². The molecule has 0 aromatic heterocycles. The molecule has 3 atom stereocenters. The van der Waals surface area contributed by atoms with Crippen LogP contribution in [-0.2, 0) is 20.7 Å². The summed E-state index contributed by atoms with van der Waals surface area (Å²) < 4.78 is 31.9. The van der Waals surface area contributed by atoms with Crippen LogP contribution in [0.5, 0.6) is 0 Å². The number of ether oxygens (including phenoxy) is 1. The first-order valence-electron chi connectivity index (χ1n) is 9.02. The monoisotopic (exact) mass is 386 g/mol. The fourth-order valence-electron chi connectivity index (χ4n) is 2.77. The van der Waals surface area contributed by atoms with Gasteiger partial charge in [-0.15, -0.1) is 0 Å². The normalized spacial score (nSPS) is 14.3. The van der Waals surface area contributed by atoms with E-state index in [0.29, 0.717) is 18.6 Å². The summed E-state index contributed by atoms with van der Waals surface area (Å²) in [7, 11) is 0. The average Bonchev–Trinajstić information content (AvgIpc) is 2.57. The van der Waals surface area contributed by atoms with Crippen molar-refractivity contribution in [1.29, 1.82) is 0 Å². The van der Waals surface area contributed by atoms with Gasteiger partial charge in [0.25, 0.3) is 0 Å². The molecule has 0 saturated carbocycles. The Balaban J connectivity index is 2.79. The van der Waals surface area contributed by atoms with Crippen molar-refractivity contribution < 1.29 is 28.2 Å². The molecule has 1 unspecified atom stereocenters. The second-order valence-electron chi connectivity index (χ2n) is 6.40.